The van der Waals surface area contributed by atoms with Gasteiger partial charge in [0.05, 0.1) is 165 Å². The monoisotopic (exact) mass is 616 g/mol. The molecule has 0 rings (SSSR count). The molecular weight excluding hydrogens is 560 g/mol. The Morgan fingerprint density at radius 3 is 0.714 bits per heavy atom. The molecule has 14 nitrogen and oxygen atoms in total. The summed E-state index contributed by atoms with van der Waals surface area (Å²) in [6.45, 7) is 14.2. The van der Waals surface area contributed by atoms with E-state index in [1.54, 1.807) is 0 Å². The molecule has 0 aromatic carbocycles. The minimum absolute atomic E-state index is 0.246. The van der Waals surface area contributed by atoms with Gasteiger partial charge in [0, 0.05) is 6.61 Å². The average molecular weight is 617 g/mol. The highest BCUT2D eigenvalue weighted by Gasteiger charge is 1.99. The molecule has 0 aliphatic carbocycles. The van der Waals surface area contributed by atoms with Crippen molar-refractivity contribution in [3.8, 4) is 0 Å². The lowest BCUT2D eigenvalue weighted by Gasteiger charge is -2.09. The first-order chi connectivity index (χ1) is 20.8. The van der Waals surface area contributed by atoms with Crippen LogP contribution in [-0.4, -0.2) is 172 Å². The van der Waals surface area contributed by atoms with Gasteiger partial charge in [-0.2, -0.15) is 0 Å². The Morgan fingerprint density at radius 2 is 0.524 bits per heavy atom. The summed E-state index contributed by atoms with van der Waals surface area (Å²) < 4.78 is 69.2. The lowest BCUT2D eigenvalue weighted by molar-refractivity contribution is -0.141. The second-order valence-corrected chi connectivity index (χ2v) is 8.26. The minimum Gasteiger partial charge on any atom is -0.469 e. The fourth-order valence-corrected chi connectivity index (χ4v) is 2.82. The summed E-state index contributed by atoms with van der Waals surface area (Å²) >= 11 is 0. The topological polar surface area (TPSA) is 137 Å². The molecule has 0 bridgehead atoms. The van der Waals surface area contributed by atoms with Crippen LogP contribution in [-0.2, 0) is 66.4 Å². The van der Waals surface area contributed by atoms with Gasteiger partial charge in [0.15, 0.2) is 0 Å². The van der Waals surface area contributed by atoms with Gasteiger partial charge < -0.3 is 61.6 Å². The first-order valence-corrected chi connectivity index (χ1v) is 14.8. The van der Waals surface area contributed by atoms with Gasteiger partial charge in [0.1, 0.15) is 0 Å². The Labute approximate surface area is 251 Å². The van der Waals surface area contributed by atoms with E-state index in [0.717, 1.165) is 0 Å². The largest absolute Gasteiger partial charge is 0.469 e. The number of ether oxygens (including phenoxy) is 13. The van der Waals surface area contributed by atoms with E-state index in [9.17, 15) is 4.79 Å². The molecule has 0 spiro atoms. The van der Waals surface area contributed by atoms with Gasteiger partial charge in [0.2, 0.25) is 0 Å². The molecule has 252 valence electrons. The van der Waals surface area contributed by atoms with Gasteiger partial charge in [-0.05, 0) is 6.92 Å². The highest BCUT2D eigenvalue weighted by Crippen LogP contribution is 1.89. The summed E-state index contributed by atoms with van der Waals surface area (Å²) in [5.74, 6) is -0.285. The summed E-state index contributed by atoms with van der Waals surface area (Å²) in [6.07, 6.45) is 0.246. The van der Waals surface area contributed by atoms with Gasteiger partial charge in [-0.3, -0.25) is 4.79 Å². The maximum Gasteiger partial charge on any atom is 0.307 e. The maximum absolute atomic E-state index is 10.9. The molecule has 0 atom stereocenters. The molecule has 0 aliphatic rings. The van der Waals surface area contributed by atoms with Crippen molar-refractivity contribution in [2.24, 2.45) is 0 Å². The maximum atomic E-state index is 10.9. The highest BCUT2D eigenvalue weighted by molar-refractivity contribution is 5.69. The van der Waals surface area contributed by atoms with E-state index in [2.05, 4.69) is 4.74 Å². The van der Waals surface area contributed by atoms with Gasteiger partial charge >= 0.3 is 5.97 Å². The summed E-state index contributed by atoms with van der Waals surface area (Å²) in [6, 6.07) is 0. The molecule has 0 N–H and O–H groups in total. The molecular formula is C28H56O14. The number of carbonyl (C=O) groups excluding carboxylic acids is 1. The zero-order valence-corrected chi connectivity index (χ0v) is 25.9. The van der Waals surface area contributed by atoms with Crippen LogP contribution in [0.15, 0.2) is 0 Å². The first-order valence-electron chi connectivity index (χ1n) is 14.8. The van der Waals surface area contributed by atoms with Crippen molar-refractivity contribution in [1.82, 2.24) is 0 Å². The van der Waals surface area contributed by atoms with Crippen LogP contribution in [0.1, 0.15) is 13.3 Å². The highest BCUT2D eigenvalue weighted by atomic mass is 16.6. The molecule has 0 radical (unpaired) electrons. The minimum atomic E-state index is -0.285. The number of carbonyl (C=O) groups is 1. The lowest BCUT2D eigenvalue weighted by atomic mass is 10.5. The molecule has 0 aromatic rings. The SMILES string of the molecule is CCOCCOCCOCCOCCOCCOCCOCCOCCOCCOCCOCCOCCC(=O)OC. The Morgan fingerprint density at radius 1 is 0.333 bits per heavy atom. The Kier molecular flexibility index (Phi) is 37.1. The van der Waals surface area contributed by atoms with Crippen LogP contribution >= 0.6 is 0 Å². The zero-order valence-electron chi connectivity index (χ0n) is 25.9. The predicted molar refractivity (Wildman–Crippen MR) is 152 cm³/mol. The van der Waals surface area contributed by atoms with E-state index in [-0.39, 0.29) is 12.4 Å². The molecule has 0 saturated carbocycles. The van der Waals surface area contributed by atoms with Crippen molar-refractivity contribution >= 4 is 5.97 Å². The molecule has 0 saturated heterocycles. The number of rotatable bonds is 37. The lowest BCUT2D eigenvalue weighted by Crippen LogP contribution is -2.15. The second-order valence-electron chi connectivity index (χ2n) is 8.26. The third-order valence-electron chi connectivity index (χ3n) is 4.97. The predicted octanol–water partition coefficient (Wildman–Crippen LogP) is 0.769. The van der Waals surface area contributed by atoms with E-state index in [1.807, 2.05) is 6.92 Å². The fourth-order valence-electron chi connectivity index (χ4n) is 2.82. The molecule has 0 fully saturated rings. The van der Waals surface area contributed by atoms with E-state index >= 15 is 0 Å². The molecule has 0 heterocycles. The molecule has 0 aromatic heterocycles. The summed E-state index contributed by atoms with van der Waals surface area (Å²) in [5.41, 5.74) is 0. The number of hydrogen-bond acceptors (Lipinski definition) is 14. The second kappa shape index (κ2) is 38.0. The van der Waals surface area contributed by atoms with Crippen LogP contribution < -0.4 is 0 Å². The number of hydrogen-bond donors (Lipinski definition) is 0. The van der Waals surface area contributed by atoms with E-state index in [4.69, 9.17) is 56.8 Å². The van der Waals surface area contributed by atoms with Crippen LogP contribution in [0.2, 0.25) is 0 Å². The normalized spacial score (nSPS) is 11.4. The van der Waals surface area contributed by atoms with Gasteiger partial charge in [-0.25, -0.2) is 0 Å². The van der Waals surface area contributed by atoms with Gasteiger partial charge in [-0.15, -0.1) is 0 Å². The van der Waals surface area contributed by atoms with Gasteiger partial charge in [-0.1, -0.05) is 0 Å². The van der Waals surface area contributed by atoms with E-state index in [1.165, 1.54) is 7.11 Å². The van der Waals surface area contributed by atoms with Crippen LogP contribution in [0.4, 0.5) is 0 Å². The number of esters is 1. The van der Waals surface area contributed by atoms with Crippen molar-refractivity contribution in [3.63, 3.8) is 0 Å². The van der Waals surface area contributed by atoms with Crippen molar-refractivity contribution in [1.29, 1.82) is 0 Å². The van der Waals surface area contributed by atoms with Gasteiger partial charge in [0.25, 0.3) is 0 Å². The third-order valence-corrected chi connectivity index (χ3v) is 4.97. The van der Waals surface area contributed by atoms with Crippen LogP contribution in [0.3, 0.4) is 0 Å². The average Bonchev–Trinajstić information content (AvgIpc) is 3.00. The third kappa shape index (κ3) is 37.0. The van der Waals surface area contributed by atoms with Crippen molar-refractivity contribution in [2.45, 2.75) is 13.3 Å². The summed E-state index contributed by atoms with van der Waals surface area (Å²) in [4.78, 5) is 10.9. The van der Waals surface area contributed by atoms with Crippen molar-refractivity contribution < 1.29 is 66.4 Å². The zero-order chi connectivity index (χ0) is 30.4. The van der Waals surface area contributed by atoms with Crippen LogP contribution in [0, 0.1) is 0 Å². The number of methoxy groups -OCH3 is 1. The molecule has 0 unspecified atom stereocenters. The van der Waals surface area contributed by atoms with E-state index in [0.29, 0.717) is 159 Å². The Bertz CT molecular complexity index is 515. The quantitative estimate of drug-likeness (QED) is 0.0718. The molecule has 0 amide bonds. The molecule has 0 aliphatic heterocycles. The summed E-state index contributed by atoms with van der Waals surface area (Å²) in [5, 5.41) is 0. The van der Waals surface area contributed by atoms with Crippen molar-refractivity contribution in [2.75, 3.05) is 166 Å². The molecule has 14 heteroatoms. The Balaban J connectivity index is 3.04. The standard InChI is InChI=1S/C28H56O14/c1-3-31-6-7-33-10-11-35-14-15-37-18-19-39-22-23-41-26-27-42-25-24-40-21-20-38-17-16-36-13-12-34-9-8-32-5-4-28(29)30-2/h3-27H2,1-2H3. The first kappa shape index (κ1) is 41.0. The smallest absolute Gasteiger partial charge is 0.307 e. The van der Waals surface area contributed by atoms with Crippen molar-refractivity contribution in [3.05, 3.63) is 0 Å². The van der Waals surface area contributed by atoms with Crippen LogP contribution in [0.5, 0.6) is 0 Å². The van der Waals surface area contributed by atoms with Crippen LogP contribution in [0.25, 0.3) is 0 Å². The summed E-state index contributed by atoms with van der Waals surface area (Å²) in [7, 11) is 1.35. The molecule has 42 heavy (non-hydrogen) atoms. The Hall–Kier alpha value is -1.01. The fraction of sp³-hybridized carbons (Fsp3) is 0.964. The van der Waals surface area contributed by atoms with E-state index < -0.39 is 0 Å².